The molecular weight excluding hydrogens is 321 g/mol. The van der Waals surface area contributed by atoms with E-state index in [1.165, 1.54) is 24.5 Å². The third-order valence-corrected chi connectivity index (χ3v) is 4.64. The predicted octanol–water partition coefficient (Wildman–Crippen LogP) is 2.35. The van der Waals surface area contributed by atoms with Gasteiger partial charge in [-0.3, -0.25) is 4.68 Å². The Morgan fingerprint density at radius 3 is 2.61 bits per heavy atom. The molecule has 0 fully saturated rings. The van der Waals surface area contributed by atoms with E-state index in [2.05, 4.69) is 9.82 Å². The lowest BCUT2D eigenvalue weighted by atomic mass is 10.3. The molecule has 0 aliphatic carbocycles. The molecule has 1 aromatic carbocycles. The highest BCUT2D eigenvalue weighted by Crippen LogP contribution is 2.16. The molecule has 2 aromatic rings. The van der Waals surface area contributed by atoms with Crippen LogP contribution in [-0.2, 0) is 10.0 Å². The molecule has 0 radical (unpaired) electrons. The molecule has 0 saturated heterocycles. The standard InChI is InChI=1S/C15H20FN3O3S/c1-11(2)19-9-13(8-17-19)23(20,21)18-12(3)10-22-15-7-5-4-6-14(15)16/h4-9,11-12,18H,10H2,1-3H3/t12-/m0/s1. The van der Waals surface area contributed by atoms with E-state index in [9.17, 15) is 12.8 Å². The number of rotatable bonds is 7. The largest absolute Gasteiger partial charge is 0.489 e. The number of halogens is 1. The Balaban J connectivity index is 1.98. The van der Waals surface area contributed by atoms with E-state index >= 15 is 0 Å². The third-order valence-electron chi connectivity index (χ3n) is 3.10. The van der Waals surface area contributed by atoms with Crippen molar-refractivity contribution in [2.45, 2.75) is 37.8 Å². The maximum absolute atomic E-state index is 13.4. The number of hydrogen-bond donors (Lipinski definition) is 1. The summed E-state index contributed by atoms with van der Waals surface area (Å²) in [6, 6.07) is 5.52. The van der Waals surface area contributed by atoms with Crippen molar-refractivity contribution in [2.24, 2.45) is 0 Å². The fraction of sp³-hybridized carbons (Fsp3) is 0.400. The highest BCUT2D eigenvalue weighted by Gasteiger charge is 2.20. The maximum Gasteiger partial charge on any atom is 0.244 e. The molecular formula is C15H20FN3O3S. The Bertz CT molecular complexity index is 759. The van der Waals surface area contributed by atoms with E-state index in [-0.39, 0.29) is 23.3 Å². The Labute approximate surface area is 135 Å². The first-order valence-corrected chi connectivity index (χ1v) is 8.71. The van der Waals surface area contributed by atoms with Crippen molar-refractivity contribution >= 4 is 10.0 Å². The van der Waals surface area contributed by atoms with Gasteiger partial charge in [0.05, 0.1) is 12.2 Å². The van der Waals surface area contributed by atoms with Crippen LogP contribution >= 0.6 is 0 Å². The van der Waals surface area contributed by atoms with E-state index in [0.717, 1.165) is 0 Å². The molecule has 0 saturated carbocycles. The topological polar surface area (TPSA) is 73.2 Å². The fourth-order valence-corrected chi connectivity index (χ4v) is 3.05. The molecule has 0 bridgehead atoms. The van der Waals surface area contributed by atoms with Gasteiger partial charge in [-0.05, 0) is 32.9 Å². The number of nitrogens with one attached hydrogen (secondary N) is 1. The molecule has 2 rings (SSSR count). The van der Waals surface area contributed by atoms with E-state index in [1.807, 2.05) is 13.8 Å². The van der Waals surface area contributed by atoms with Crippen LogP contribution in [0.1, 0.15) is 26.8 Å². The van der Waals surface area contributed by atoms with Crippen LogP contribution in [0, 0.1) is 5.82 Å². The van der Waals surface area contributed by atoms with E-state index in [0.29, 0.717) is 0 Å². The molecule has 6 nitrogen and oxygen atoms in total. The van der Waals surface area contributed by atoms with Crippen LogP contribution in [-0.4, -0.2) is 30.8 Å². The number of sulfonamides is 1. The molecule has 0 spiro atoms. The lowest BCUT2D eigenvalue weighted by Gasteiger charge is -2.15. The maximum atomic E-state index is 13.4. The Kier molecular flexibility index (Phi) is 5.38. The SMILES string of the molecule is CC(C)n1cc(S(=O)(=O)N[C@@H](C)COc2ccccc2F)cn1. The van der Waals surface area contributed by atoms with Crippen LogP contribution in [0.4, 0.5) is 4.39 Å². The molecule has 126 valence electrons. The summed E-state index contributed by atoms with van der Waals surface area (Å²) in [7, 11) is -3.69. The summed E-state index contributed by atoms with van der Waals surface area (Å²) >= 11 is 0. The second kappa shape index (κ2) is 7.10. The Morgan fingerprint density at radius 2 is 2.00 bits per heavy atom. The molecule has 0 aliphatic heterocycles. The van der Waals surface area contributed by atoms with Crippen LogP contribution < -0.4 is 9.46 Å². The zero-order chi connectivity index (χ0) is 17.0. The molecule has 0 unspecified atom stereocenters. The summed E-state index contributed by atoms with van der Waals surface area (Å²) in [4.78, 5) is 0.0870. The number of benzene rings is 1. The van der Waals surface area contributed by atoms with Gasteiger partial charge in [0.15, 0.2) is 11.6 Å². The number of ether oxygens (including phenoxy) is 1. The van der Waals surface area contributed by atoms with Crippen molar-refractivity contribution in [1.82, 2.24) is 14.5 Å². The van der Waals surface area contributed by atoms with Crippen molar-refractivity contribution in [3.05, 3.63) is 42.5 Å². The lowest BCUT2D eigenvalue weighted by Crippen LogP contribution is -2.36. The lowest BCUT2D eigenvalue weighted by molar-refractivity contribution is 0.274. The number of nitrogens with zero attached hydrogens (tertiary/aromatic N) is 2. The van der Waals surface area contributed by atoms with Gasteiger partial charge in [0.2, 0.25) is 10.0 Å². The first kappa shape index (κ1) is 17.4. The van der Waals surface area contributed by atoms with Crippen LogP contribution in [0.2, 0.25) is 0 Å². The molecule has 23 heavy (non-hydrogen) atoms. The van der Waals surface area contributed by atoms with Crippen LogP contribution in [0.25, 0.3) is 0 Å². The molecule has 8 heteroatoms. The minimum Gasteiger partial charge on any atom is -0.489 e. The summed E-state index contributed by atoms with van der Waals surface area (Å²) in [5.41, 5.74) is 0. The molecule has 1 aromatic heterocycles. The zero-order valence-corrected chi connectivity index (χ0v) is 14.0. The van der Waals surface area contributed by atoms with E-state index < -0.39 is 21.9 Å². The van der Waals surface area contributed by atoms with E-state index in [4.69, 9.17) is 4.74 Å². The second-order valence-corrected chi connectivity index (χ2v) is 7.23. The summed E-state index contributed by atoms with van der Waals surface area (Å²) in [6.45, 7) is 5.47. The smallest absolute Gasteiger partial charge is 0.244 e. The van der Waals surface area contributed by atoms with Crippen molar-refractivity contribution in [3.63, 3.8) is 0 Å². The van der Waals surface area contributed by atoms with Gasteiger partial charge in [-0.25, -0.2) is 17.5 Å². The summed E-state index contributed by atoms with van der Waals surface area (Å²) < 4.78 is 47.3. The van der Waals surface area contributed by atoms with Gasteiger partial charge in [-0.2, -0.15) is 5.10 Å². The Hall–Kier alpha value is -1.93. The zero-order valence-electron chi connectivity index (χ0n) is 13.2. The first-order chi connectivity index (χ1) is 10.8. The van der Waals surface area contributed by atoms with Crippen LogP contribution in [0.5, 0.6) is 5.75 Å². The van der Waals surface area contributed by atoms with Crippen molar-refractivity contribution in [1.29, 1.82) is 0 Å². The molecule has 1 N–H and O–H groups in total. The van der Waals surface area contributed by atoms with Gasteiger partial charge in [-0.15, -0.1) is 0 Å². The highest BCUT2D eigenvalue weighted by atomic mass is 32.2. The van der Waals surface area contributed by atoms with Gasteiger partial charge < -0.3 is 4.74 Å². The molecule has 0 amide bonds. The number of para-hydroxylation sites is 1. The highest BCUT2D eigenvalue weighted by molar-refractivity contribution is 7.89. The van der Waals surface area contributed by atoms with Gasteiger partial charge in [0.1, 0.15) is 11.5 Å². The quantitative estimate of drug-likeness (QED) is 0.839. The van der Waals surface area contributed by atoms with Gasteiger partial charge in [0.25, 0.3) is 0 Å². The first-order valence-electron chi connectivity index (χ1n) is 7.23. The van der Waals surface area contributed by atoms with Crippen molar-refractivity contribution in [3.8, 4) is 5.75 Å². The van der Waals surface area contributed by atoms with Gasteiger partial charge >= 0.3 is 0 Å². The van der Waals surface area contributed by atoms with Crippen molar-refractivity contribution < 1.29 is 17.5 Å². The average Bonchev–Trinajstić information content (AvgIpc) is 2.97. The normalized spacial score (nSPS) is 13.3. The fourth-order valence-electron chi connectivity index (χ4n) is 1.89. The third kappa shape index (κ3) is 4.52. The molecule has 1 heterocycles. The number of hydrogen-bond acceptors (Lipinski definition) is 4. The summed E-state index contributed by atoms with van der Waals surface area (Å²) in [6.07, 6.45) is 2.77. The average molecular weight is 341 g/mol. The minimum absolute atomic E-state index is 0.0124. The minimum atomic E-state index is -3.69. The van der Waals surface area contributed by atoms with Crippen LogP contribution in [0.3, 0.4) is 0 Å². The van der Waals surface area contributed by atoms with E-state index in [1.54, 1.807) is 23.7 Å². The molecule has 1 atom stereocenters. The van der Waals surface area contributed by atoms with Crippen LogP contribution in [0.15, 0.2) is 41.6 Å². The van der Waals surface area contributed by atoms with Gasteiger partial charge in [-0.1, -0.05) is 12.1 Å². The summed E-state index contributed by atoms with van der Waals surface area (Å²) in [5, 5.41) is 4.01. The Morgan fingerprint density at radius 1 is 1.30 bits per heavy atom. The van der Waals surface area contributed by atoms with Gasteiger partial charge in [0, 0.05) is 12.2 Å². The summed E-state index contributed by atoms with van der Waals surface area (Å²) in [5.74, 6) is -0.396. The second-order valence-electron chi connectivity index (χ2n) is 5.51. The molecule has 0 aliphatic rings. The van der Waals surface area contributed by atoms with Crippen molar-refractivity contribution in [2.75, 3.05) is 6.61 Å². The monoisotopic (exact) mass is 341 g/mol. The predicted molar refractivity (Wildman–Crippen MR) is 84.3 cm³/mol. The number of aromatic nitrogens is 2.